The van der Waals surface area contributed by atoms with E-state index in [1.54, 1.807) is 4.90 Å². The summed E-state index contributed by atoms with van der Waals surface area (Å²) in [5.41, 5.74) is 0. The Hall–Kier alpha value is -1.06. The molecule has 1 rings (SSSR count). The summed E-state index contributed by atoms with van der Waals surface area (Å²) in [7, 11) is 0. The molecule has 0 aromatic heterocycles. The maximum atomic E-state index is 12.5. The van der Waals surface area contributed by atoms with Crippen molar-refractivity contribution in [2.45, 2.75) is 66.0 Å². The third-order valence-electron chi connectivity index (χ3n) is 3.76. The van der Waals surface area contributed by atoms with E-state index in [2.05, 4.69) is 19.2 Å². The maximum Gasteiger partial charge on any atom is 0.246 e. The van der Waals surface area contributed by atoms with Crippen LogP contribution in [0.4, 0.5) is 0 Å². The van der Waals surface area contributed by atoms with Crippen molar-refractivity contribution < 1.29 is 9.59 Å². The molecule has 2 amide bonds. The second kappa shape index (κ2) is 6.92. The predicted molar refractivity (Wildman–Crippen MR) is 76.6 cm³/mol. The van der Waals surface area contributed by atoms with Crippen LogP contribution in [0.5, 0.6) is 0 Å². The summed E-state index contributed by atoms with van der Waals surface area (Å²) in [6.07, 6.45) is 2.75. The minimum Gasteiger partial charge on any atom is -0.342 e. The summed E-state index contributed by atoms with van der Waals surface area (Å²) in [6, 6.07) is -0.635. The van der Waals surface area contributed by atoms with Gasteiger partial charge in [0.05, 0.1) is 0 Å². The van der Waals surface area contributed by atoms with Gasteiger partial charge in [-0.15, -0.1) is 0 Å². The highest BCUT2D eigenvalue weighted by Gasteiger charge is 2.40. The Morgan fingerprint density at radius 1 is 1.21 bits per heavy atom. The summed E-state index contributed by atoms with van der Waals surface area (Å²) >= 11 is 0. The van der Waals surface area contributed by atoms with Gasteiger partial charge in [0.2, 0.25) is 11.8 Å². The first kappa shape index (κ1) is 16.0. The zero-order valence-electron chi connectivity index (χ0n) is 12.9. The largest absolute Gasteiger partial charge is 0.342 e. The van der Waals surface area contributed by atoms with Gasteiger partial charge in [-0.25, -0.2) is 0 Å². The first-order valence-electron chi connectivity index (χ1n) is 7.49. The Kier molecular flexibility index (Phi) is 5.83. The molecule has 0 radical (unpaired) electrons. The Balaban J connectivity index is 2.75. The van der Waals surface area contributed by atoms with E-state index in [1.165, 1.54) is 0 Å². The van der Waals surface area contributed by atoms with E-state index in [0.29, 0.717) is 18.9 Å². The number of carbonyl (C=O) groups excluding carboxylic acids is 2. The van der Waals surface area contributed by atoms with E-state index in [-0.39, 0.29) is 29.8 Å². The third-order valence-corrected chi connectivity index (χ3v) is 3.76. The summed E-state index contributed by atoms with van der Waals surface area (Å²) < 4.78 is 0. The number of nitrogens with zero attached hydrogens (tertiary/aromatic N) is 1. The first-order chi connectivity index (χ1) is 8.88. The molecule has 2 atom stereocenters. The van der Waals surface area contributed by atoms with Crippen LogP contribution in [0.15, 0.2) is 0 Å². The minimum absolute atomic E-state index is 0.00495. The van der Waals surface area contributed by atoms with Crippen LogP contribution in [0.3, 0.4) is 0 Å². The van der Waals surface area contributed by atoms with Gasteiger partial charge in [0.15, 0.2) is 0 Å². The number of amides is 2. The maximum absolute atomic E-state index is 12.5. The zero-order valence-corrected chi connectivity index (χ0v) is 12.9. The van der Waals surface area contributed by atoms with Crippen molar-refractivity contribution in [3.05, 3.63) is 0 Å². The van der Waals surface area contributed by atoms with Gasteiger partial charge in [-0.3, -0.25) is 9.59 Å². The van der Waals surface area contributed by atoms with E-state index in [0.717, 1.165) is 12.8 Å². The van der Waals surface area contributed by atoms with Crippen LogP contribution in [0.25, 0.3) is 0 Å². The molecular formula is C15H28N2O2. The SMILES string of the molecule is CCC1C(=O)NC(C(C)C)C(=O)N1CCCC(C)C. The number of hydrogen-bond acceptors (Lipinski definition) is 2. The number of piperazine rings is 1. The predicted octanol–water partition coefficient (Wildman–Crippen LogP) is 2.18. The fourth-order valence-electron chi connectivity index (χ4n) is 2.58. The van der Waals surface area contributed by atoms with Crippen molar-refractivity contribution in [3.8, 4) is 0 Å². The fraction of sp³-hybridized carbons (Fsp3) is 0.867. The molecule has 0 saturated carbocycles. The highest BCUT2D eigenvalue weighted by atomic mass is 16.2. The lowest BCUT2D eigenvalue weighted by molar-refractivity contribution is -0.150. The van der Waals surface area contributed by atoms with Crippen molar-refractivity contribution in [2.24, 2.45) is 11.8 Å². The number of hydrogen-bond donors (Lipinski definition) is 1. The van der Waals surface area contributed by atoms with Crippen LogP contribution in [0.2, 0.25) is 0 Å². The van der Waals surface area contributed by atoms with E-state index >= 15 is 0 Å². The number of rotatable bonds is 6. The molecule has 0 aromatic carbocycles. The molecule has 4 heteroatoms. The number of nitrogens with one attached hydrogen (secondary N) is 1. The van der Waals surface area contributed by atoms with Gasteiger partial charge < -0.3 is 10.2 Å². The second-order valence-electron chi connectivity index (χ2n) is 6.22. The van der Waals surface area contributed by atoms with Crippen LogP contribution in [-0.2, 0) is 9.59 Å². The van der Waals surface area contributed by atoms with Crippen LogP contribution in [-0.4, -0.2) is 35.3 Å². The lowest BCUT2D eigenvalue weighted by Gasteiger charge is -2.40. The lowest BCUT2D eigenvalue weighted by atomic mass is 9.96. The molecule has 2 unspecified atom stereocenters. The number of carbonyl (C=O) groups is 2. The van der Waals surface area contributed by atoms with Crippen LogP contribution in [0, 0.1) is 11.8 Å². The van der Waals surface area contributed by atoms with E-state index in [4.69, 9.17) is 0 Å². The molecule has 1 aliphatic heterocycles. The van der Waals surface area contributed by atoms with Gasteiger partial charge in [0, 0.05) is 6.54 Å². The Bertz CT molecular complexity index is 326. The summed E-state index contributed by atoms with van der Waals surface area (Å²) in [5, 5.41) is 2.87. The van der Waals surface area contributed by atoms with Crippen molar-refractivity contribution >= 4 is 11.8 Å². The van der Waals surface area contributed by atoms with Crippen molar-refractivity contribution in [2.75, 3.05) is 6.54 Å². The quantitative estimate of drug-likeness (QED) is 0.802. The lowest BCUT2D eigenvalue weighted by Crippen LogP contribution is -2.64. The van der Waals surface area contributed by atoms with Gasteiger partial charge in [-0.2, -0.15) is 0 Å². The highest BCUT2D eigenvalue weighted by molar-refractivity contribution is 5.97. The molecule has 4 nitrogen and oxygen atoms in total. The Morgan fingerprint density at radius 2 is 1.84 bits per heavy atom. The first-order valence-corrected chi connectivity index (χ1v) is 7.49. The summed E-state index contributed by atoms with van der Waals surface area (Å²) in [6.45, 7) is 11.0. The minimum atomic E-state index is -0.352. The van der Waals surface area contributed by atoms with Crippen LogP contribution < -0.4 is 5.32 Å². The van der Waals surface area contributed by atoms with Crippen LogP contribution in [0.1, 0.15) is 53.9 Å². The Morgan fingerprint density at radius 3 is 2.32 bits per heavy atom. The molecule has 0 bridgehead atoms. The van der Waals surface area contributed by atoms with Gasteiger partial charge in [-0.1, -0.05) is 34.6 Å². The molecule has 1 N–H and O–H groups in total. The monoisotopic (exact) mass is 268 g/mol. The van der Waals surface area contributed by atoms with E-state index in [9.17, 15) is 9.59 Å². The average molecular weight is 268 g/mol. The van der Waals surface area contributed by atoms with Crippen LogP contribution >= 0.6 is 0 Å². The molecule has 1 fully saturated rings. The smallest absolute Gasteiger partial charge is 0.246 e. The third kappa shape index (κ3) is 3.95. The molecule has 110 valence electrons. The van der Waals surface area contributed by atoms with Crippen molar-refractivity contribution in [1.82, 2.24) is 10.2 Å². The molecule has 0 spiro atoms. The molecule has 0 aliphatic carbocycles. The molecular weight excluding hydrogens is 240 g/mol. The topological polar surface area (TPSA) is 49.4 Å². The van der Waals surface area contributed by atoms with Gasteiger partial charge >= 0.3 is 0 Å². The van der Waals surface area contributed by atoms with Crippen molar-refractivity contribution in [3.63, 3.8) is 0 Å². The average Bonchev–Trinajstić information content (AvgIpc) is 2.32. The zero-order chi connectivity index (χ0) is 14.6. The molecule has 1 saturated heterocycles. The fourth-order valence-corrected chi connectivity index (χ4v) is 2.58. The van der Waals surface area contributed by atoms with Gasteiger partial charge in [0.25, 0.3) is 0 Å². The molecule has 1 heterocycles. The standard InChI is InChI=1S/C15H28N2O2/c1-6-12-14(18)16-13(11(4)5)15(19)17(12)9-7-8-10(2)3/h10-13H,6-9H2,1-5H3,(H,16,18). The van der Waals surface area contributed by atoms with Crippen molar-refractivity contribution in [1.29, 1.82) is 0 Å². The normalized spacial score (nSPS) is 24.3. The van der Waals surface area contributed by atoms with Gasteiger partial charge in [-0.05, 0) is 31.1 Å². The molecule has 0 aromatic rings. The summed E-state index contributed by atoms with van der Waals surface area (Å²) in [5.74, 6) is 0.868. The highest BCUT2D eigenvalue weighted by Crippen LogP contribution is 2.18. The molecule has 19 heavy (non-hydrogen) atoms. The summed E-state index contributed by atoms with van der Waals surface area (Å²) in [4.78, 5) is 26.4. The van der Waals surface area contributed by atoms with Gasteiger partial charge in [0.1, 0.15) is 12.1 Å². The van der Waals surface area contributed by atoms with E-state index < -0.39 is 0 Å². The second-order valence-corrected chi connectivity index (χ2v) is 6.22. The molecule has 1 aliphatic rings. The Labute approximate surface area is 116 Å². The van der Waals surface area contributed by atoms with E-state index in [1.807, 2.05) is 20.8 Å².